The highest BCUT2D eigenvalue weighted by molar-refractivity contribution is 5.21. The van der Waals surface area contributed by atoms with E-state index in [1.54, 1.807) is 6.20 Å². The first kappa shape index (κ1) is 14.9. The van der Waals surface area contributed by atoms with Crippen molar-refractivity contribution in [1.82, 2.24) is 15.2 Å². The van der Waals surface area contributed by atoms with Gasteiger partial charge in [-0.15, -0.1) is 0 Å². The zero-order valence-corrected chi connectivity index (χ0v) is 11.9. The topological polar surface area (TPSA) is 37.4 Å². The van der Waals surface area contributed by atoms with Crippen LogP contribution in [0.2, 0.25) is 0 Å². The number of rotatable bonds is 8. The predicted octanol–water partition coefficient (Wildman–Crippen LogP) is 2.08. The summed E-state index contributed by atoms with van der Waals surface area (Å²) in [6.07, 6.45) is 2.83. The second-order valence-electron chi connectivity index (χ2n) is 4.70. The smallest absolute Gasteiger partial charge is 0.137 e. The van der Waals surface area contributed by atoms with Crippen LogP contribution in [0.3, 0.4) is 0 Å². The molecule has 0 saturated heterocycles. The monoisotopic (exact) mass is 251 g/mol. The zero-order chi connectivity index (χ0) is 13.4. The fourth-order valence-corrected chi connectivity index (χ4v) is 1.71. The normalized spacial score (nSPS) is 12.7. The summed E-state index contributed by atoms with van der Waals surface area (Å²) < 4.78 is 5.64. The lowest BCUT2D eigenvalue weighted by atomic mass is 10.2. The van der Waals surface area contributed by atoms with Gasteiger partial charge in [-0.05, 0) is 46.1 Å². The SMILES string of the molecule is CCNC(C)c1ccc(OCCCN(C)C)cn1. The van der Waals surface area contributed by atoms with E-state index in [0.29, 0.717) is 0 Å². The number of ether oxygens (including phenoxy) is 1. The molecule has 0 radical (unpaired) electrons. The first-order valence-electron chi connectivity index (χ1n) is 6.60. The average Bonchev–Trinajstić information content (AvgIpc) is 2.35. The third kappa shape index (κ3) is 5.47. The molecular formula is C14H25N3O. The molecule has 4 nitrogen and oxygen atoms in total. The summed E-state index contributed by atoms with van der Waals surface area (Å²) in [6.45, 7) is 6.94. The first-order chi connectivity index (χ1) is 8.63. The fourth-order valence-electron chi connectivity index (χ4n) is 1.71. The van der Waals surface area contributed by atoms with Crippen LogP contribution in [0.25, 0.3) is 0 Å². The zero-order valence-electron chi connectivity index (χ0n) is 11.9. The number of hydrogen-bond acceptors (Lipinski definition) is 4. The van der Waals surface area contributed by atoms with Crippen molar-refractivity contribution in [3.05, 3.63) is 24.0 Å². The Bertz CT molecular complexity index is 324. The Labute approximate surface area is 110 Å². The molecule has 4 heteroatoms. The van der Waals surface area contributed by atoms with E-state index in [-0.39, 0.29) is 6.04 Å². The molecule has 1 aromatic rings. The van der Waals surface area contributed by atoms with Gasteiger partial charge in [-0.3, -0.25) is 4.98 Å². The van der Waals surface area contributed by atoms with Crippen molar-refractivity contribution in [2.75, 3.05) is 33.8 Å². The highest BCUT2D eigenvalue weighted by Crippen LogP contribution is 2.14. The standard InChI is InChI=1S/C14H25N3O/c1-5-15-12(2)14-8-7-13(11-16-14)18-10-6-9-17(3)4/h7-8,11-12,15H,5-6,9-10H2,1-4H3. The maximum absolute atomic E-state index is 5.64. The van der Waals surface area contributed by atoms with Gasteiger partial charge in [0.1, 0.15) is 5.75 Å². The molecule has 1 unspecified atom stereocenters. The van der Waals surface area contributed by atoms with Crippen molar-refractivity contribution in [2.24, 2.45) is 0 Å². The van der Waals surface area contributed by atoms with E-state index >= 15 is 0 Å². The van der Waals surface area contributed by atoms with Gasteiger partial charge in [0.15, 0.2) is 0 Å². The molecular weight excluding hydrogens is 226 g/mol. The Morgan fingerprint density at radius 1 is 1.39 bits per heavy atom. The summed E-state index contributed by atoms with van der Waals surface area (Å²) in [5.41, 5.74) is 1.05. The molecule has 1 atom stereocenters. The average molecular weight is 251 g/mol. The van der Waals surface area contributed by atoms with Crippen molar-refractivity contribution in [3.63, 3.8) is 0 Å². The molecule has 0 spiro atoms. The van der Waals surface area contributed by atoms with Crippen molar-refractivity contribution in [2.45, 2.75) is 26.3 Å². The van der Waals surface area contributed by atoms with Gasteiger partial charge in [-0.1, -0.05) is 6.92 Å². The van der Waals surface area contributed by atoms with E-state index < -0.39 is 0 Å². The van der Waals surface area contributed by atoms with E-state index in [0.717, 1.165) is 37.6 Å². The largest absolute Gasteiger partial charge is 0.492 e. The van der Waals surface area contributed by atoms with E-state index in [4.69, 9.17) is 4.74 Å². The van der Waals surface area contributed by atoms with Crippen molar-refractivity contribution < 1.29 is 4.74 Å². The molecule has 1 rings (SSSR count). The Hall–Kier alpha value is -1.13. The minimum absolute atomic E-state index is 0.290. The second kappa shape index (κ2) is 8.06. The van der Waals surface area contributed by atoms with Crippen LogP contribution in [-0.4, -0.2) is 43.7 Å². The Morgan fingerprint density at radius 3 is 2.72 bits per heavy atom. The van der Waals surface area contributed by atoms with Gasteiger partial charge in [0.25, 0.3) is 0 Å². The Morgan fingerprint density at radius 2 is 2.17 bits per heavy atom. The minimum atomic E-state index is 0.290. The van der Waals surface area contributed by atoms with Gasteiger partial charge in [0.05, 0.1) is 18.5 Å². The van der Waals surface area contributed by atoms with Crippen molar-refractivity contribution in [1.29, 1.82) is 0 Å². The van der Waals surface area contributed by atoms with Gasteiger partial charge in [-0.25, -0.2) is 0 Å². The molecule has 1 N–H and O–H groups in total. The number of aromatic nitrogens is 1. The highest BCUT2D eigenvalue weighted by Gasteiger charge is 2.04. The third-order valence-electron chi connectivity index (χ3n) is 2.73. The fraction of sp³-hybridized carbons (Fsp3) is 0.643. The summed E-state index contributed by atoms with van der Waals surface area (Å²) in [5, 5.41) is 3.34. The van der Waals surface area contributed by atoms with Crippen LogP contribution >= 0.6 is 0 Å². The lowest BCUT2D eigenvalue weighted by Crippen LogP contribution is -2.18. The van der Waals surface area contributed by atoms with Crippen LogP contribution < -0.4 is 10.1 Å². The molecule has 18 heavy (non-hydrogen) atoms. The van der Waals surface area contributed by atoms with Crippen LogP contribution in [0, 0.1) is 0 Å². The molecule has 0 aliphatic rings. The molecule has 0 saturated carbocycles. The lowest BCUT2D eigenvalue weighted by molar-refractivity contribution is 0.280. The van der Waals surface area contributed by atoms with Gasteiger partial charge in [-0.2, -0.15) is 0 Å². The molecule has 0 aliphatic heterocycles. The maximum Gasteiger partial charge on any atom is 0.137 e. The van der Waals surface area contributed by atoms with Crippen LogP contribution in [0.4, 0.5) is 0 Å². The first-order valence-corrected chi connectivity index (χ1v) is 6.60. The van der Waals surface area contributed by atoms with Gasteiger partial charge in [0.2, 0.25) is 0 Å². The third-order valence-corrected chi connectivity index (χ3v) is 2.73. The molecule has 0 amide bonds. The summed E-state index contributed by atoms with van der Waals surface area (Å²) >= 11 is 0. The summed E-state index contributed by atoms with van der Waals surface area (Å²) in [6, 6.07) is 4.30. The Kier molecular flexibility index (Phi) is 6.68. The van der Waals surface area contributed by atoms with Gasteiger partial charge in [0, 0.05) is 12.6 Å². The van der Waals surface area contributed by atoms with Crippen LogP contribution in [0.15, 0.2) is 18.3 Å². The second-order valence-corrected chi connectivity index (χ2v) is 4.70. The molecule has 0 bridgehead atoms. The summed E-state index contributed by atoms with van der Waals surface area (Å²) in [4.78, 5) is 6.57. The van der Waals surface area contributed by atoms with Crippen molar-refractivity contribution >= 4 is 0 Å². The van der Waals surface area contributed by atoms with Crippen LogP contribution in [0.1, 0.15) is 32.0 Å². The number of nitrogens with zero attached hydrogens (tertiary/aromatic N) is 2. The lowest BCUT2D eigenvalue weighted by Gasteiger charge is -2.13. The van der Waals surface area contributed by atoms with Gasteiger partial charge < -0.3 is 15.0 Å². The van der Waals surface area contributed by atoms with Crippen molar-refractivity contribution in [3.8, 4) is 5.75 Å². The van der Waals surface area contributed by atoms with E-state index in [9.17, 15) is 0 Å². The maximum atomic E-state index is 5.64. The van der Waals surface area contributed by atoms with Gasteiger partial charge >= 0.3 is 0 Å². The number of pyridine rings is 1. The predicted molar refractivity (Wildman–Crippen MR) is 75.0 cm³/mol. The van der Waals surface area contributed by atoms with Crippen LogP contribution in [-0.2, 0) is 0 Å². The summed E-state index contributed by atoms with van der Waals surface area (Å²) in [7, 11) is 4.14. The number of hydrogen-bond donors (Lipinski definition) is 1. The minimum Gasteiger partial charge on any atom is -0.492 e. The number of nitrogens with one attached hydrogen (secondary N) is 1. The van der Waals surface area contributed by atoms with E-state index in [1.807, 2.05) is 12.1 Å². The molecule has 0 fully saturated rings. The van der Waals surface area contributed by atoms with Crippen LogP contribution in [0.5, 0.6) is 5.75 Å². The highest BCUT2D eigenvalue weighted by atomic mass is 16.5. The Balaban J connectivity index is 2.36. The molecule has 1 heterocycles. The molecule has 102 valence electrons. The summed E-state index contributed by atoms with van der Waals surface area (Å²) in [5.74, 6) is 0.848. The molecule has 1 aromatic heterocycles. The quantitative estimate of drug-likeness (QED) is 0.718. The van der Waals surface area contributed by atoms with E-state index in [2.05, 4.69) is 43.1 Å². The molecule has 0 aliphatic carbocycles. The molecule has 0 aromatic carbocycles. The van der Waals surface area contributed by atoms with E-state index in [1.165, 1.54) is 0 Å².